The van der Waals surface area contributed by atoms with Gasteiger partial charge >= 0.3 is 0 Å². The summed E-state index contributed by atoms with van der Waals surface area (Å²) in [7, 11) is 0. The zero-order valence-corrected chi connectivity index (χ0v) is 10.9. The maximum Gasteiger partial charge on any atom is 0.282 e. The van der Waals surface area contributed by atoms with Gasteiger partial charge in [0.15, 0.2) is 0 Å². The summed E-state index contributed by atoms with van der Waals surface area (Å²) in [4.78, 5) is 22.2. The van der Waals surface area contributed by atoms with Crippen LogP contribution in [-0.2, 0) is 4.74 Å². The molecule has 0 aliphatic carbocycles. The Balaban J connectivity index is 2.08. The first-order valence-corrected chi connectivity index (χ1v) is 6.29. The standard InChI is InChI=1S/C12H13ClN2O4/c13-8-3-4-11(15(17)18)10(6-8)12(16)14-7-9-2-1-5-19-9/h3-4,6,9H,1-2,5,7H2,(H,14,16). The first kappa shape index (κ1) is 13.8. The Morgan fingerprint density at radius 2 is 2.37 bits per heavy atom. The van der Waals surface area contributed by atoms with E-state index in [-0.39, 0.29) is 22.4 Å². The van der Waals surface area contributed by atoms with Crippen molar-refractivity contribution in [2.45, 2.75) is 18.9 Å². The predicted molar refractivity (Wildman–Crippen MR) is 69.4 cm³/mol. The molecule has 0 spiro atoms. The molecule has 0 saturated carbocycles. The molecule has 1 N–H and O–H groups in total. The Kier molecular flexibility index (Phi) is 4.34. The van der Waals surface area contributed by atoms with E-state index in [1.54, 1.807) is 0 Å². The molecule has 1 heterocycles. The van der Waals surface area contributed by atoms with E-state index in [1.807, 2.05) is 0 Å². The second kappa shape index (κ2) is 5.99. The summed E-state index contributed by atoms with van der Waals surface area (Å²) in [5, 5.41) is 13.8. The van der Waals surface area contributed by atoms with Crippen molar-refractivity contribution in [3.63, 3.8) is 0 Å². The van der Waals surface area contributed by atoms with E-state index < -0.39 is 10.8 Å². The maximum atomic E-state index is 11.9. The molecule has 1 atom stereocenters. The SMILES string of the molecule is O=C(NCC1CCCO1)c1cc(Cl)ccc1[N+](=O)[O-]. The lowest BCUT2D eigenvalue weighted by Crippen LogP contribution is -2.32. The van der Waals surface area contributed by atoms with Crippen molar-refractivity contribution in [1.29, 1.82) is 0 Å². The quantitative estimate of drug-likeness (QED) is 0.678. The number of nitro groups is 1. The van der Waals surface area contributed by atoms with E-state index in [4.69, 9.17) is 16.3 Å². The smallest absolute Gasteiger partial charge is 0.282 e. The van der Waals surface area contributed by atoms with Gasteiger partial charge in [-0.05, 0) is 25.0 Å². The van der Waals surface area contributed by atoms with Gasteiger partial charge in [0, 0.05) is 24.2 Å². The summed E-state index contributed by atoms with van der Waals surface area (Å²) in [5.74, 6) is -0.510. The number of nitrogens with one attached hydrogen (secondary N) is 1. The number of benzene rings is 1. The minimum Gasteiger partial charge on any atom is -0.376 e. The molecule has 7 heteroatoms. The second-order valence-electron chi connectivity index (χ2n) is 4.26. The van der Waals surface area contributed by atoms with Gasteiger partial charge in [-0.15, -0.1) is 0 Å². The van der Waals surface area contributed by atoms with Crippen LogP contribution in [0.2, 0.25) is 5.02 Å². The third kappa shape index (κ3) is 3.42. The molecule has 1 fully saturated rings. The van der Waals surface area contributed by atoms with Crippen molar-refractivity contribution in [3.05, 3.63) is 38.9 Å². The van der Waals surface area contributed by atoms with Crippen LogP contribution in [0.25, 0.3) is 0 Å². The van der Waals surface area contributed by atoms with Crippen LogP contribution >= 0.6 is 11.6 Å². The lowest BCUT2D eigenvalue weighted by molar-refractivity contribution is -0.385. The molecule has 1 aromatic carbocycles. The molecule has 2 rings (SSSR count). The number of ether oxygens (including phenoxy) is 1. The van der Waals surface area contributed by atoms with E-state index in [0.29, 0.717) is 13.2 Å². The molecule has 1 aliphatic heterocycles. The van der Waals surface area contributed by atoms with Crippen LogP contribution in [0.4, 0.5) is 5.69 Å². The van der Waals surface area contributed by atoms with Crippen LogP contribution in [-0.4, -0.2) is 30.1 Å². The minimum atomic E-state index is -0.600. The summed E-state index contributed by atoms with van der Waals surface area (Å²) < 4.78 is 5.37. The van der Waals surface area contributed by atoms with Crippen molar-refractivity contribution < 1.29 is 14.5 Å². The Hall–Kier alpha value is -1.66. The summed E-state index contributed by atoms with van der Waals surface area (Å²) in [6.45, 7) is 1.04. The van der Waals surface area contributed by atoms with E-state index in [1.165, 1.54) is 18.2 Å². The molecular formula is C12H13ClN2O4. The van der Waals surface area contributed by atoms with E-state index in [2.05, 4.69) is 5.32 Å². The number of amides is 1. The molecule has 19 heavy (non-hydrogen) atoms. The van der Waals surface area contributed by atoms with Gasteiger partial charge in [-0.25, -0.2) is 0 Å². The average Bonchev–Trinajstić information content (AvgIpc) is 2.88. The summed E-state index contributed by atoms with van der Waals surface area (Å²) in [5.41, 5.74) is -0.287. The largest absolute Gasteiger partial charge is 0.376 e. The van der Waals surface area contributed by atoms with Crippen LogP contribution in [0.5, 0.6) is 0 Å². The van der Waals surface area contributed by atoms with Gasteiger partial charge in [-0.1, -0.05) is 11.6 Å². The molecule has 102 valence electrons. The van der Waals surface area contributed by atoms with Crippen molar-refractivity contribution in [1.82, 2.24) is 5.32 Å². The van der Waals surface area contributed by atoms with Crippen LogP contribution in [0.3, 0.4) is 0 Å². The van der Waals surface area contributed by atoms with E-state index >= 15 is 0 Å². The third-order valence-electron chi connectivity index (χ3n) is 2.91. The fraction of sp³-hybridized carbons (Fsp3) is 0.417. The summed E-state index contributed by atoms with van der Waals surface area (Å²) >= 11 is 5.77. The van der Waals surface area contributed by atoms with Gasteiger partial charge < -0.3 is 10.1 Å². The number of carbonyl (C=O) groups excluding carboxylic acids is 1. The van der Waals surface area contributed by atoms with Crippen LogP contribution in [0, 0.1) is 10.1 Å². The van der Waals surface area contributed by atoms with Crippen molar-refractivity contribution in [2.75, 3.05) is 13.2 Å². The molecule has 1 unspecified atom stereocenters. The molecular weight excluding hydrogens is 272 g/mol. The first-order chi connectivity index (χ1) is 9.08. The van der Waals surface area contributed by atoms with Gasteiger partial charge in [0.25, 0.3) is 11.6 Å². The normalized spacial score (nSPS) is 18.3. The number of rotatable bonds is 4. The lowest BCUT2D eigenvalue weighted by atomic mass is 10.1. The third-order valence-corrected chi connectivity index (χ3v) is 3.15. The van der Waals surface area contributed by atoms with E-state index in [9.17, 15) is 14.9 Å². The predicted octanol–water partition coefficient (Wildman–Crippen LogP) is 2.16. The number of halogens is 1. The Morgan fingerprint density at radius 3 is 3.00 bits per heavy atom. The highest BCUT2D eigenvalue weighted by atomic mass is 35.5. The summed E-state index contributed by atoms with van der Waals surface area (Å²) in [6.07, 6.45) is 1.85. The average molecular weight is 285 g/mol. The fourth-order valence-corrected chi connectivity index (χ4v) is 2.13. The Bertz CT molecular complexity index is 501. The van der Waals surface area contributed by atoms with Gasteiger partial charge in [0.2, 0.25) is 0 Å². The topological polar surface area (TPSA) is 81.5 Å². The highest BCUT2D eigenvalue weighted by Crippen LogP contribution is 2.22. The van der Waals surface area contributed by atoms with E-state index in [0.717, 1.165) is 12.8 Å². The number of carbonyl (C=O) groups is 1. The van der Waals surface area contributed by atoms with Crippen LogP contribution < -0.4 is 5.32 Å². The highest BCUT2D eigenvalue weighted by Gasteiger charge is 2.22. The Labute approximate surface area is 114 Å². The van der Waals surface area contributed by atoms with Gasteiger partial charge in [0.05, 0.1) is 11.0 Å². The zero-order chi connectivity index (χ0) is 13.8. The fourth-order valence-electron chi connectivity index (χ4n) is 1.96. The molecule has 6 nitrogen and oxygen atoms in total. The maximum absolute atomic E-state index is 11.9. The molecule has 0 radical (unpaired) electrons. The zero-order valence-electron chi connectivity index (χ0n) is 10.1. The molecule has 1 aliphatic rings. The number of hydrogen-bond acceptors (Lipinski definition) is 4. The van der Waals surface area contributed by atoms with Gasteiger partial charge in [-0.3, -0.25) is 14.9 Å². The number of nitro benzene ring substituents is 1. The minimum absolute atomic E-state index is 0.0119. The monoisotopic (exact) mass is 284 g/mol. The van der Waals surface area contributed by atoms with Crippen LogP contribution in [0.1, 0.15) is 23.2 Å². The lowest BCUT2D eigenvalue weighted by Gasteiger charge is -2.11. The van der Waals surface area contributed by atoms with Crippen molar-refractivity contribution in [2.24, 2.45) is 0 Å². The molecule has 1 amide bonds. The molecule has 0 bridgehead atoms. The molecule has 0 aromatic heterocycles. The molecule has 1 aromatic rings. The first-order valence-electron chi connectivity index (χ1n) is 5.91. The number of nitrogens with zero attached hydrogens (tertiary/aromatic N) is 1. The molecule has 1 saturated heterocycles. The van der Waals surface area contributed by atoms with Crippen LogP contribution in [0.15, 0.2) is 18.2 Å². The van der Waals surface area contributed by atoms with Crippen molar-refractivity contribution in [3.8, 4) is 0 Å². The van der Waals surface area contributed by atoms with Gasteiger partial charge in [0.1, 0.15) is 5.56 Å². The summed E-state index contributed by atoms with van der Waals surface area (Å²) in [6, 6.07) is 3.91. The van der Waals surface area contributed by atoms with Gasteiger partial charge in [-0.2, -0.15) is 0 Å². The van der Waals surface area contributed by atoms with Crippen molar-refractivity contribution >= 4 is 23.2 Å². The highest BCUT2D eigenvalue weighted by molar-refractivity contribution is 6.31. The second-order valence-corrected chi connectivity index (χ2v) is 4.70. The Morgan fingerprint density at radius 1 is 1.58 bits per heavy atom. The number of hydrogen-bond donors (Lipinski definition) is 1.